The molecule has 4 nitrogen and oxygen atoms in total. The van der Waals surface area contributed by atoms with Crippen molar-refractivity contribution in [2.75, 3.05) is 36.6 Å². The minimum absolute atomic E-state index is 0.873. The predicted octanol–water partition coefficient (Wildman–Crippen LogP) is 3.92. The highest BCUT2D eigenvalue weighted by atomic mass is 32.2. The van der Waals surface area contributed by atoms with Gasteiger partial charge < -0.3 is 9.64 Å². The lowest BCUT2D eigenvalue weighted by atomic mass is 10.1. The summed E-state index contributed by atoms with van der Waals surface area (Å²) in [6.45, 7) is 2.10. The minimum atomic E-state index is 0.873. The molecule has 6 heteroatoms. The van der Waals surface area contributed by atoms with Crippen molar-refractivity contribution < 1.29 is 4.74 Å². The lowest BCUT2D eigenvalue weighted by Crippen LogP contribution is -2.33. The lowest BCUT2D eigenvalue weighted by molar-refractivity contribution is 0.415. The van der Waals surface area contributed by atoms with Gasteiger partial charge in [-0.3, -0.25) is 0 Å². The first-order valence-electron chi connectivity index (χ1n) is 7.56. The number of thioether (sulfide) groups is 1. The van der Waals surface area contributed by atoms with Crippen LogP contribution in [0.5, 0.6) is 5.75 Å². The van der Waals surface area contributed by atoms with E-state index < -0.39 is 0 Å². The van der Waals surface area contributed by atoms with Crippen molar-refractivity contribution in [3.05, 3.63) is 36.0 Å². The zero-order chi connectivity index (χ0) is 15.6. The zero-order valence-corrected chi connectivity index (χ0v) is 14.5. The third-order valence-electron chi connectivity index (χ3n) is 4.06. The van der Waals surface area contributed by atoms with Crippen LogP contribution < -0.4 is 9.64 Å². The third kappa shape index (κ3) is 2.77. The first-order chi connectivity index (χ1) is 11.4. The van der Waals surface area contributed by atoms with Gasteiger partial charge in [0.2, 0.25) is 0 Å². The molecule has 1 fully saturated rings. The van der Waals surface area contributed by atoms with Gasteiger partial charge in [-0.2, -0.15) is 11.8 Å². The van der Waals surface area contributed by atoms with E-state index in [1.54, 1.807) is 24.8 Å². The molecule has 0 spiro atoms. The van der Waals surface area contributed by atoms with Crippen LogP contribution in [-0.4, -0.2) is 41.7 Å². The maximum Gasteiger partial charge on any atom is 0.141 e. The van der Waals surface area contributed by atoms with Crippen LogP contribution in [0.4, 0.5) is 5.82 Å². The first-order valence-corrected chi connectivity index (χ1v) is 9.59. The van der Waals surface area contributed by atoms with Gasteiger partial charge >= 0.3 is 0 Å². The fourth-order valence-corrected chi connectivity index (χ4v) is 4.67. The van der Waals surface area contributed by atoms with Crippen LogP contribution >= 0.6 is 23.1 Å². The van der Waals surface area contributed by atoms with Gasteiger partial charge in [0.15, 0.2) is 0 Å². The Morgan fingerprint density at radius 3 is 2.61 bits per heavy atom. The molecule has 3 aromatic rings. The number of hydrogen-bond donors (Lipinski definition) is 0. The maximum absolute atomic E-state index is 5.26. The van der Waals surface area contributed by atoms with Crippen LogP contribution in [0.25, 0.3) is 21.3 Å². The average Bonchev–Trinajstić information content (AvgIpc) is 3.07. The lowest BCUT2D eigenvalue weighted by Gasteiger charge is -2.28. The van der Waals surface area contributed by atoms with E-state index in [1.165, 1.54) is 16.5 Å². The van der Waals surface area contributed by atoms with Crippen molar-refractivity contribution in [2.24, 2.45) is 0 Å². The molecule has 0 saturated carbocycles. The Hall–Kier alpha value is -1.79. The molecule has 4 rings (SSSR count). The molecule has 0 atom stereocenters. The molecule has 3 heterocycles. The second kappa shape index (κ2) is 6.37. The minimum Gasteiger partial charge on any atom is -0.497 e. The van der Waals surface area contributed by atoms with Crippen LogP contribution in [0.1, 0.15) is 0 Å². The van der Waals surface area contributed by atoms with E-state index in [-0.39, 0.29) is 0 Å². The standard InChI is InChI=1S/C17H17N3OS2/c1-21-13-4-2-12(3-5-13)14-10-23-17-15(14)16(18-11-19-17)20-6-8-22-9-7-20/h2-5,10-11H,6-9H2,1H3. The summed E-state index contributed by atoms with van der Waals surface area (Å²) in [5.74, 6) is 4.27. The van der Waals surface area contributed by atoms with Crippen molar-refractivity contribution in [2.45, 2.75) is 0 Å². The van der Waals surface area contributed by atoms with Gasteiger partial charge in [-0.1, -0.05) is 12.1 Å². The van der Waals surface area contributed by atoms with Gasteiger partial charge in [-0.05, 0) is 17.7 Å². The molecular formula is C17H17N3OS2. The Balaban J connectivity index is 1.83. The summed E-state index contributed by atoms with van der Waals surface area (Å²) in [7, 11) is 1.69. The molecule has 1 aliphatic rings. The summed E-state index contributed by atoms with van der Waals surface area (Å²) in [6.07, 6.45) is 1.69. The van der Waals surface area contributed by atoms with E-state index in [1.807, 2.05) is 23.9 Å². The number of ether oxygens (including phenoxy) is 1. The van der Waals surface area contributed by atoms with Crippen molar-refractivity contribution >= 4 is 39.1 Å². The topological polar surface area (TPSA) is 38.3 Å². The smallest absolute Gasteiger partial charge is 0.141 e. The Morgan fingerprint density at radius 2 is 1.87 bits per heavy atom. The number of hydrogen-bond acceptors (Lipinski definition) is 6. The van der Waals surface area contributed by atoms with E-state index in [0.717, 1.165) is 41.0 Å². The molecule has 0 amide bonds. The van der Waals surface area contributed by atoms with Crippen LogP contribution in [0, 0.1) is 0 Å². The van der Waals surface area contributed by atoms with Gasteiger partial charge in [0.1, 0.15) is 22.7 Å². The molecule has 1 aromatic carbocycles. The van der Waals surface area contributed by atoms with Crippen LogP contribution in [0.2, 0.25) is 0 Å². The zero-order valence-electron chi connectivity index (χ0n) is 12.9. The normalized spacial score (nSPS) is 15.1. The number of methoxy groups -OCH3 is 1. The Labute approximate surface area is 143 Å². The summed E-state index contributed by atoms with van der Waals surface area (Å²) in [5, 5.41) is 3.36. The van der Waals surface area contributed by atoms with Crippen LogP contribution in [-0.2, 0) is 0 Å². The average molecular weight is 343 g/mol. The number of anilines is 1. The first kappa shape index (κ1) is 14.8. The monoisotopic (exact) mass is 343 g/mol. The van der Waals surface area contributed by atoms with Gasteiger partial charge in [-0.25, -0.2) is 9.97 Å². The molecule has 23 heavy (non-hydrogen) atoms. The SMILES string of the molecule is COc1ccc(-c2csc3ncnc(N4CCSCC4)c23)cc1. The number of nitrogens with zero attached hydrogens (tertiary/aromatic N) is 3. The molecule has 0 bridgehead atoms. The summed E-state index contributed by atoms with van der Waals surface area (Å²) < 4.78 is 5.26. The Morgan fingerprint density at radius 1 is 1.09 bits per heavy atom. The van der Waals surface area contributed by atoms with Crippen molar-refractivity contribution in [3.63, 3.8) is 0 Å². The van der Waals surface area contributed by atoms with Gasteiger partial charge in [-0.15, -0.1) is 11.3 Å². The fraction of sp³-hybridized carbons (Fsp3) is 0.294. The molecule has 1 saturated heterocycles. The van der Waals surface area contributed by atoms with E-state index in [0.29, 0.717) is 0 Å². The summed E-state index contributed by atoms with van der Waals surface area (Å²) in [5.41, 5.74) is 2.39. The predicted molar refractivity (Wildman–Crippen MR) is 98.9 cm³/mol. The number of benzene rings is 1. The van der Waals surface area contributed by atoms with Gasteiger partial charge in [0.25, 0.3) is 0 Å². The Bertz CT molecular complexity index is 810. The fourth-order valence-electron chi connectivity index (χ4n) is 2.86. The number of fused-ring (bicyclic) bond motifs is 1. The molecule has 0 radical (unpaired) electrons. The number of aromatic nitrogens is 2. The molecule has 0 unspecified atom stereocenters. The quantitative estimate of drug-likeness (QED) is 0.721. The number of thiophene rings is 1. The second-order valence-electron chi connectivity index (χ2n) is 5.35. The largest absolute Gasteiger partial charge is 0.497 e. The third-order valence-corrected chi connectivity index (χ3v) is 5.89. The second-order valence-corrected chi connectivity index (χ2v) is 7.44. The van der Waals surface area contributed by atoms with Crippen LogP contribution in [0.3, 0.4) is 0 Å². The molecule has 1 aliphatic heterocycles. The highest BCUT2D eigenvalue weighted by Gasteiger charge is 2.19. The molecule has 118 valence electrons. The molecule has 0 N–H and O–H groups in total. The van der Waals surface area contributed by atoms with E-state index >= 15 is 0 Å². The maximum atomic E-state index is 5.26. The van der Waals surface area contributed by atoms with Crippen molar-refractivity contribution in [1.29, 1.82) is 0 Å². The van der Waals surface area contributed by atoms with E-state index in [2.05, 4.69) is 32.4 Å². The Kier molecular flexibility index (Phi) is 4.10. The summed E-state index contributed by atoms with van der Waals surface area (Å²) >= 11 is 3.69. The molecular weight excluding hydrogens is 326 g/mol. The van der Waals surface area contributed by atoms with Gasteiger partial charge in [0.05, 0.1) is 12.5 Å². The number of rotatable bonds is 3. The van der Waals surface area contributed by atoms with E-state index in [4.69, 9.17) is 4.74 Å². The summed E-state index contributed by atoms with van der Waals surface area (Å²) in [6, 6.07) is 8.20. The van der Waals surface area contributed by atoms with Crippen molar-refractivity contribution in [3.8, 4) is 16.9 Å². The van der Waals surface area contributed by atoms with Crippen molar-refractivity contribution in [1.82, 2.24) is 9.97 Å². The highest BCUT2D eigenvalue weighted by Crippen LogP contribution is 2.38. The molecule has 2 aromatic heterocycles. The van der Waals surface area contributed by atoms with Gasteiger partial charge in [0, 0.05) is 35.5 Å². The van der Waals surface area contributed by atoms with Crippen LogP contribution in [0.15, 0.2) is 36.0 Å². The van der Waals surface area contributed by atoms with E-state index in [9.17, 15) is 0 Å². The molecule has 0 aliphatic carbocycles. The summed E-state index contributed by atoms with van der Waals surface area (Å²) in [4.78, 5) is 12.5. The highest BCUT2D eigenvalue weighted by molar-refractivity contribution is 7.99.